The Labute approximate surface area is 176 Å². The number of aliphatic hydroxyl groups excluding tert-OH is 1. The van der Waals surface area contributed by atoms with Crippen molar-refractivity contribution in [1.29, 1.82) is 10.5 Å². The Kier molecular flexibility index (Phi) is 6.71. The number of carbonyl (C=O) groups is 1. The molecule has 2 N–H and O–H groups in total. The van der Waals surface area contributed by atoms with Gasteiger partial charge in [0.1, 0.15) is 17.6 Å². The van der Waals surface area contributed by atoms with Gasteiger partial charge in [-0.05, 0) is 37.3 Å². The molecule has 148 valence electrons. The van der Waals surface area contributed by atoms with E-state index in [1.54, 1.807) is 6.07 Å². The minimum Gasteiger partial charge on any atom is -0.506 e. The number of rotatable bonds is 4. The third-order valence-electron chi connectivity index (χ3n) is 4.33. The molecule has 0 fully saturated rings. The molecule has 0 aliphatic rings. The molecule has 2 aromatic rings. The van der Waals surface area contributed by atoms with Crippen molar-refractivity contribution in [2.75, 3.05) is 7.05 Å². The zero-order valence-electron chi connectivity index (χ0n) is 15.2. The second-order valence-corrected chi connectivity index (χ2v) is 6.88. The lowest BCUT2D eigenvalue weighted by Crippen LogP contribution is -2.31. The SMILES string of the molecule is CC(c1cc(C#N)ccc1F)N(C)C(=O)/C(C#N)=C(\O)c1cc(Cl)c(O)c(Cl)c1. The van der Waals surface area contributed by atoms with Crippen molar-refractivity contribution in [1.82, 2.24) is 4.90 Å². The standard InChI is InChI=1S/C20H14Cl2FN3O3/c1-10(13-5-11(8-24)3-4-17(13)23)26(2)20(29)14(9-25)18(27)12-6-15(21)19(28)16(22)7-12/h3-7,10,27-28H,1-2H3/b18-14-. The third-order valence-corrected chi connectivity index (χ3v) is 4.91. The average Bonchev–Trinajstić information content (AvgIpc) is 2.71. The van der Waals surface area contributed by atoms with Gasteiger partial charge >= 0.3 is 0 Å². The van der Waals surface area contributed by atoms with Crippen molar-refractivity contribution in [2.24, 2.45) is 0 Å². The molecule has 0 spiro atoms. The van der Waals surface area contributed by atoms with Gasteiger partial charge in [-0.3, -0.25) is 4.79 Å². The quantitative estimate of drug-likeness (QED) is 0.411. The molecule has 0 heterocycles. The summed E-state index contributed by atoms with van der Waals surface area (Å²) in [5, 5.41) is 38.1. The summed E-state index contributed by atoms with van der Waals surface area (Å²) in [6.07, 6.45) is 0. The van der Waals surface area contributed by atoms with Crippen molar-refractivity contribution in [3.63, 3.8) is 0 Å². The van der Waals surface area contributed by atoms with Crippen LogP contribution in [-0.4, -0.2) is 28.1 Å². The number of nitrogens with zero attached hydrogens (tertiary/aromatic N) is 3. The molecule has 0 aliphatic carbocycles. The summed E-state index contributed by atoms with van der Waals surface area (Å²) in [4.78, 5) is 13.8. The fourth-order valence-electron chi connectivity index (χ4n) is 2.54. The van der Waals surface area contributed by atoms with E-state index >= 15 is 0 Å². The largest absolute Gasteiger partial charge is 0.506 e. The summed E-state index contributed by atoms with van der Waals surface area (Å²) in [5.74, 6) is -2.63. The predicted molar refractivity (Wildman–Crippen MR) is 106 cm³/mol. The minimum absolute atomic E-state index is 0.0542. The molecule has 1 atom stereocenters. The first-order chi connectivity index (χ1) is 13.6. The lowest BCUT2D eigenvalue weighted by atomic mass is 10.0. The van der Waals surface area contributed by atoms with Crippen LogP contribution in [0.2, 0.25) is 10.0 Å². The Hall–Kier alpha value is -3.26. The molecule has 29 heavy (non-hydrogen) atoms. The van der Waals surface area contributed by atoms with Crippen LogP contribution in [0.1, 0.15) is 29.7 Å². The number of aliphatic hydroxyl groups is 1. The zero-order valence-corrected chi connectivity index (χ0v) is 16.8. The molecule has 0 aromatic heterocycles. The van der Waals surface area contributed by atoms with Crippen LogP contribution in [-0.2, 0) is 4.79 Å². The monoisotopic (exact) mass is 433 g/mol. The number of hydrogen-bond donors (Lipinski definition) is 2. The van der Waals surface area contributed by atoms with Gasteiger partial charge in [-0.2, -0.15) is 10.5 Å². The van der Waals surface area contributed by atoms with E-state index in [0.29, 0.717) is 0 Å². The van der Waals surface area contributed by atoms with Crippen LogP contribution < -0.4 is 0 Å². The van der Waals surface area contributed by atoms with Crippen LogP contribution in [0.3, 0.4) is 0 Å². The van der Waals surface area contributed by atoms with Crippen molar-refractivity contribution in [3.8, 4) is 17.9 Å². The van der Waals surface area contributed by atoms with Crippen LogP contribution in [0, 0.1) is 28.5 Å². The van der Waals surface area contributed by atoms with Gasteiger partial charge in [0.2, 0.25) is 0 Å². The summed E-state index contributed by atoms with van der Waals surface area (Å²) < 4.78 is 14.2. The van der Waals surface area contributed by atoms with Crippen molar-refractivity contribution >= 4 is 34.9 Å². The van der Waals surface area contributed by atoms with E-state index in [2.05, 4.69) is 0 Å². The van der Waals surface area contributed by atoms with E-state index in [0.717, 1.165) is 23.1 Å². The van der Waals surface area contributed by atoms with Gasteiger partial charge in [0.25, 0.3) is 5.91 Å². The van der Waals surface area contributed by atoms with E-state index in [1.807, 2.05) is 6.07 Å². The minimum atomic E-state index is -0.889. The average molecular weight is 434 g/mol. The maximum absolute atomic E-state index is 14.2. The highest BCUT2D eigenvalue weighted by molar-refractivity contribution is 6.37. The number of phenolic OH excluding ortho intramolecular Hbond substituents is 1. The molecule has 6 nitrogen and oxygen atoms in total. The zero-order chi connectivity index (χ0) is 21.9. The van der Waals surface area contributed by atoms with E-state index in [1.165, 1.54) is 26.1 Å². The number of phenols is 1. The first-order valence-corrected chi connectivity index (χ1v) is 8.86. The van der Waals surface area contributed by atoms with Crippen molar-refractivity contribution in [3.05, 3.63) is 68.5 Å². The topological polar surface area (TPSA) is 108 Å². The molecule has 9 heteroatoms. The van der Waals surface area contributed by atoms with Gasteiger partial charge in [0, 0.05) is 18.2 Å². The number of nitriles is 2. The lowest BCUT2D eigenvalue weighted by Gasteiger charge is -2.25. The smallest absolute Gasteiger partial charge is 0.268 e. The van der Waals surface area contributed by atoms with Gasteiger partial charge in [0.05, 0.1) is 27.7 Å². The van der Waals surface area contributed by atoms with Crippen molar-refractivity contribution < 1.29 is 19.4 Å². The first kappa shape index (κ1) is 22.0. The second kappa shape index (κ2) is 8.83. The number of halogens is 3. The summed E-state index contributed by atoms with van der Waals surface area (Å²) >= 11 is 11.6. The van der Waals surface area contributed by atoms with Crippen LogP contribution >= 0.6 is 23.2 Å². The van der Waals surface area contributed by atoms with Gasteiger partial charge in [-0.25, -0.2) is 4.39 Å². The van der Waals surface area contributed by atoms with Crippen LogP contribution in [0.25, 0.3) is 5.76 Å². The fourth-order valence-corrected chi connectivity index (χ4v) is 3.03. The van der Waals surface area contributed by atoms with E-state index in [4.69, 9.17) is 28.5 Å². The number of likely N-dealkylation sites (N-methyl/N-ethyl adjacent to an activating group) is 1. The fraction of sp³-hybridized carbons (Fsp3) is 0.150. The number of aromatic hydroxyl groups is 1. The van der Waals surface area contributed by atoms with Gasteiger partial charge < -0.3 is 15.1 Å². The Balaban J connectivity index is 2.46. The summed E-state index contributed by atoms with van der Waals surface area (Å²) in [6, 6.07) is 8.67. The first-order valence-electron chi connectivity index (χ1n) is 8.10. The maximum atomic E-state index is 14.2. The van der Waals surface area contributed by atoms with Crippen LogP contribution in [0.5, 0.6) is 5.75 Å². The molecule has 0 radical (unpaired) electrons. The lowest BCUT2D eigenvalue weighted by molar-refractivity contribution is -0.127. The summed E-state index contributed by atoms with van der Waals surface area (Å²) in [5.41, 5.74) is -0.399. The number of carbonyl (C=O) groups excluding carboxylic acids is 1. The normalized spacial score (nSPS) is 12.4. The van der Waals surface area contributed by atoms with E-state index in [9.17, 15) is 24.7 Å². The van der Waals surface area contributed by atoms with Crippen molar-refractivity contribution in [2.45, 2.75) is 13.0 Å². The molecule has 2 aromatic carbocycles. The Morgan fingerprint density at radius 2 is 1.79 bits per heavy atom. The molecular formula is C20H14Cl2FN3O3. The molecule has 1 amide bonds. The molecule has 1 unspecified atom stereocenters. The highest BCUT2D eigenvalue weighted by atomic mass is 35.5. The van der Waals surface area contributed by atoms with E-state index in [-0.39, 0.29) is 26.7 Å². The Morgan fingerprint density at radius 1 is 1.21 bits per heavy atom. The molecule has 0 saturated heterocycles. The highest BCUT2D eigenvalue weighted by Crippen LogP contribution is 2.35. The molecular weight excluding hydrogens is 420 g/mol. The third kappa shape index (κ3) is 4.43. The van der Waals surface area contributed by atoms with Gasteiger partial charge in [0.15, 0.2) is 11.3 Å². The molecule has 0 saturated carbocycles. The number of benzene rings is 2. The second-order valence-electron chi connectivity index (χ2n) is 6.06. The summed E-state index contributed by atoms with van der Waals surface area (Å²) in [6.45, 7) is 1.51. The van der Waals surface area contributed by atoms with Gasteiger partial charge in [-0.15, -0.1) is 0 Å². The van der Waals surface area contributed by atoms with Crippen LogP contribution in [0.15, 0.2) is 35.9 Å². The van der Waals surface area contributed by atoms with Gasteiger partial charge in [-0.1, -0.05) is 23.2 Å². The maximum Gasteiger partial charge on any atom is 0.268 e. The number of amides is 1. The molecule has 0 aliphatic heterocycles. The van der Waals surface area contributed by atoms with E-state index < -0.39 is 34.8 Å². The van der Waals surface area contributed by atoms with Crippen LogP contribution in [0.4, 0.5) is 4.39 Å². The molecule has 0 bridgehead atoms. The highest BCUT2D eigenvalue weighted by Gasteiger charge is 2.26. The predicted octanol–water partition coefficient (Wildman–Crippen LogP) is 4.72. The molecule has 2 rings (SSSR count). The Bertz CT molecular complexity index is 1080. The Morgan fingerprint density at radius 3 is 2.31 bits per heavy atom. The number of hydrogen-bond acceptors (Lipinski definition) is 5. The summed E-state index contributed by atoms with van der Waals surface area (Å²) in [7, 11) is 1.33.